The first kappa shape index (κ1) is 25.3. The monoisotopic (exact) mass is 515 g/mol. The Bertz CT molecular complexity index is 1310. The van der Waals surface area contributed by atoms with Crippen LogP contribution in [-0.4, -0.2) is 96.6 Å². The van der Waals surface area contributed by atoms with Crippen LogP contribution in [0, 0.1) is 6.92 Å². The number of carbonyl (C=O) groups excluding carboxylic acids is 1. The number of fused-ring (bicyclic) bond motifs is 1. The Morgan fingerprint density at radius 3 is 2.73 bits per heavy atom. The van der Waals surface area contributed by atoms with Crippen molar-refractivity contribution in [1.29, 1.82) is 0 Å². The third-order valence-corrected chi connectivity index (χ3v) is 7.13. The highest BCUT2D eigenvalue weighted by Gasteiger charge is 2.45. The molecule has 0 aliphatic carbocycles. The van der Waals surface area contributed by atoms with Gasteiger partial charge in [0.05, 0.1) is 44.4 Å². The highest BCUT2D eigenvalue weighted by molar-refractivity contribution is 5.83. The predicted octanol–water partition coefficient (Wildman–Crippen LogP) is 2.14. The molecule has 2 atom stereocenters. The summed E-state index contributed by atoms with van der Waals surface area (Å²) in [5, 5.41) is 7.96. The van der Waals surface area contributed by atoms with E-state index in [0.717, 1.165) is 10.9 Å². The smallest absolute Gasteiger partial charge is 0.320 e. The summed E-state index contributed by atoms with van der Waals surface area (Å²) in [6.07, 6.45) is 1.44. The summed E-state index contributed by atoms with van der Waals surface area (Å²) >= 11 is 0. The number of nitrogens with zero attached hydrogens (tertiary/aromatic N) is 6. The number of likely N-dealkylation sites (tertiary alicyclic amines) is 1. The van der Waals surface area contributed by atoms with E-state index in [1.54, 1.807) is 35.9 Å². The van der Waals surface area contributed by atoms with E-state index >= 15 is 8.78 Å². The van der Waals surface area contributed by atoms with Gasteiger partial charge in [0, 0.05) is 25.0 Å². The molecule has 2 saturated heterocycles. The number of benzene rings is 1. The van der Waals surface area contributed by atoms with Crippen LogP contribution in [0.2, 0.25) is 0 Å². The van der Waals surface area contributed by atoms with Gasteiger partial charge in [0.15, 0.2) is 11.9 Å². The van der Waals surface area contributed by atoms with Gasteiger partial charge in [0.2, 0.25) is 0 Å². The molecular formula is C25H31F2N7O3. The van der Waals surface area contributed by atoms with Crippen LogP contribution in [0.15, 0.2) is 24.4 Å². The number of rotatable bonds is 5. The first-order valence-electron chi connectivity index (χ1n) is 12.3. The van der Waals surface area contributed by atoms with Crippen molar-refractivity contribution in [3.63, 3.8) is 0 Å². The SMILES string of the molecule is CNC(=O)C1CN(c2cc(-n3ncc4cc(C)c(C5CCN(C)CC5(F)F)cc43)nc(OC)n2)CCO1. The standard InChI is InChI=1S/C25H31F2N7O3/c1-15-9-16-12-29-34(19(16)10-17(15)18-5-6-32(3)14-25(18,26)27)22-11-21(30-24(31-22)36-4)33-7-8-37-20(13-33)23(35)28-2/h9-12,18,20H,5-8,13-14H2,1-4H3,(H,28,35). The molecular weight excluding hydrogens is 484 g/mol. The van der Waals surface area contributed by atoms with Crippen LogP contribution in [0.3, 0.4) is 0 Å². The minimum atomic E-state index is -2.83. The zero-order valence-corrected chi connectivity index (χ0v) is 21.4. The molecule has 198 valence electrons. The fourth-order valence-electron chi connectivity index (χ4n) is 5.19. The lowest BCUT2D eigenvalue weighted by atomic mass is 9.83. The Balaban J connectivity index is 1.55. The fourth-order valence-corrected chi connectivity index (χ4v) is 5.19. The van der Waals surface area contributed by atoms with Gasteiger partial charge >= 0.3 is 6.01 Å². The van der Waals surface area contributed by atoms with E-state index in [4.69, 9.17) is 9.47 Å². The Morgan fingerprint density at radius 2 is 2.00 bits per heavy atom. The number of hydrogen-bond acceptors (Lipinski definition) is 8. The van der Waals surface area contributed by atoms with E-state index < -0.39 is 17.9 Å². The minimum Gasteiger partial charge on any atom is -0.467 e. The number of morpholine rings is 1. The van der Waals surface area contributed by atoms with E-state index in [9.17, 15) is 4.79 Å². The molecule has 0 spiro atoms. The second kappa shape index (κ2) is 9.82. The maximum absolute atomic E-state index is 15.1. The molecule has 12 heteroatoms. The molecule has 1 amide bonds. The highest BCUT2D eigenvalue weighted by Crippen LogP contribution is 2.42. The Kier molecular flexibility index (Phi) is 6.71. The number of hydrogen-bond donors (Lipinski definition) is 1. The van der Waals surface area contributed by atoms with Crippen molar-refractivity contribution in [3.8, 4) is 11.8 Å². The zero-order chi connectivity index (χ0) is 26.3. The molecule has 0 saturated carbocycles. The molecule has 3 aromatic rings. The number of likely N-dealkylation sites (N-methyl/N-ethyl adjacent to an activating group) is 1. The normalized spacial score (nSPS) is 22.3. The van der Waals surface area contributed by atoms with E-state index in [1.165, 1.54) is 7.11 Å². The van der Waals surface area contributed by atoms with Crippen LogP contribution in [0.4, 0.5) is 14.6 Å². The van der Waals surface area contributed by atoms with Gasteiger partial charge in [-0.3, -0.25) is 4.79 Å². The predicted molar refractivity (Wildman–Crippen MR) is 134 cm³/mol. The number of nitrogens with one attached hydrogen (secondary N) is 1. The molecule has 1 N–H and O–H groups in total. The van der Waals surface area contributed by atoms with Crippen LogP contribution in [0.25, 0.3) is 16.7 Å². The maximum atomic E-state index is 15.1. The second-order valence-electron chi connectivity index (χ2n) is 9.65. The number of aromatic nitrogens is 4. The molecule has 2 unspecified atom stereocenters. The first-order valence-corrected chi connectivity index (χ1v) is 12.3. The van der Waals surface area contributed by atoms with Crippen LogP contribution >= 0.6 is 0 Å². The maximum Gasteiger partial charge on any atom is 0.320 e. The van der Waals surface area contributed by atoms with Gasteiger partial charge in [-0.2, -0.15) is 15.1 Å². The molecule has 2 aliphatic heterocycles. The molecule has 2 aliphatic rings. The van der Waals surface area contributed by atoms with Crippen molar-refractivity contribution in [2.45, 2.75) is 31.3 Å². The number of aryl methyl sites for hydroxylation is 1. The summed E-state index contributed by atoms with van der Waals surface area (Å²) in [7, 11) is 4.76. The van der Waals surface area contributed by atoms with Gasteiger partial charge in [-0.15, -0.1) is 0 Å². The average Bonchev–Trinajstić information content (AvgIpc) is 3.29. The van der Waals surface area contributed by atoms with Gasteiger partial charge in [0.25, 0.3) is 11.8 Å². The number of amides is 1. The van der Waals surface area contributed by atoms with Crippen molar-refractivity contribution >= 4 is 22.6 Å². The van der Waals surface area contributed by atoms with Gasteiger partial charge in [-0.1, -0.05) is 0 Å². The number of ether oxygens (including phenoxy) is 2. The van der Waals surface area contributed by atoms with E-state index in [2.05, 4.69) is 20.4 Å². The highest BCUT2D eigenvalue weighted by atomic mass is 19.3. The van der Waals surface area contributed by atoms with E-state index in [0.29, 0.717) is 55.4 Å². The molecule has 2 aromatic heterocycles. The molecule has 0 bridgehead atoms. The molecule has 10 nitrogen and oxygen atoms in total. The van der Waals surface area contributed by atoms with Crippen molar-refractivity contribution in [2.24, 2.45) is 0 Å². The Labute approximate surface area is 213 Å². The van der Waals surface area contributed by atoms with Crippen LogP contribution < -0.4 is 15.0 Å². The average molecular weight is 516 g/mol. The van der Waals surface area contributed by atoms with Gasteiger partial charge in [-0.25, -0.2) is 13.5 Å². The van der Waals surface area contributed by atoms with Gasteiger partial charge in [0.1, 0.15) is 5.82 Å². The molecule has 0 radical (unpaired) electrons. The van der Waals surface area contributed by atoms with E-state index in [-0.39, 0.29) is 18.5 Å². The topological polar surface area (TPSA) is 97.6 Å². The van der Waals surface area contributed by atoms with Crippen LogP contribution in [0.5, 0.6) is 6.01 Å². The number of anilines is 1. The number of piperidine rings is 1. The third-order valence-electron chi connectivity index (χ3n) is 7.13. The van der Waals surface area contributed by atoms with E-state index in [1.807, 2.05) is 24.0 Å². The Hall–Kier alpha value is -3.38. The number of carbonyl (C=O) groups is 1. The van der Waals surface area contributed by atoms with Crippen molar-refractivity contribution in [2.75, 3.05) is 58.9 Å². The molecule has 5 rings (SSSR count). The number of halogens is 2. The van der Waals surface area contributed by atoms with Crippen molar-refractivity contribution in [1.82, 2.24) is 30.0 Å². The fraction of sp³-hybridized carbons (Fsp3) is 0.520. The molecule has 2 fully saturated rings. The quantitative estimate of drug-likeness (QED) is 0.552. The summed E-state index contributed by atoms with van der Waals surface area (Å²) in [6, 6.07) is 5.60. The molecule has 37 heavy (non-hydrogen) atoms. The lowest BCUT2D eigenvalue weighted by Crippen LogP contribution is -2.49. The summed E-state index contributed by atoms with van der Waals surface area (Å²) in [4.78, 5) is 24.7. The molecule has 1 aromatic carbocycles. The number of alkyl halides is 2. The number of methoxy groups -OCH3 is 1. The van der Waals surface area contributed by atoms with Crippen molar-refractivity contribution < 1.29 is 23.0 Å². The third kappa shape index (κ3) is 4.82. The lowest BCUT2D eigenvalue weighted by molar-refractivity contribution is -0.132. The largest absolute Gasteiger partial charge is 0.467 e. The lowest BCUT2D eigenvalue weighted by Gasteiger charge is -2.37. The Morgan fingerprint density at radius 1 is 1.22 bits per heavy atom. The summed E-state index contributed by atoms with van der Waals surface area (Å²) < 4.78 is 42.7. The minimum absolute atomic E-state index is 0.133. The van der Waals surface area contributed by atoms with Crippen LogP contribution in [-0.2, 0) is 9.53 Å². The second-order valence-corrected chi connectivity index (χ2v) is 9.65. The summed E-state index contributed by atoms with van der Waals surface area (Å²) in [6.45, 7) is 3.41. The van der Waals surface area contributed by atoms with Crippen molar-refractivity contribution in [3.05, 3.63) is 35.5 Å². The summed E-state index contributed by atoms with van der Waals surface area (Å²) in [5.41, 5.74) is 2.11. The molecule has 4 heterocycles. The van der Waals surface area contributed by atoms with Gasteiger partial charge in [-0.05, 0) is 50.2 Å². The first-order chi connectivity index (χ1) is 17.7. The van der Waals surface area contributed by atoms with Gasteiger partial charge < -0.3 is 24.6 Å². The van der Waals surface area contributed by atoms with Crippen LogP contribution in [0.1, 0.15) is 23.5 Å². The zero-order valence-electron chi connectivity index (χ0n) is 21.4. The summed E-state index contributed by atoms with van der Waals surface area (Å²) in [5.74, 6) is -2.93.